The van der Waals surface area contributed by atoms with Crippen molar-refractivity contribution in [3.8, 4) is 16.8 Å². The first-order chi connectivity index (χ1) is 20.9. The molecule has 9 heteroatoms. The zero-order valence-corrected chi connectivity index (χ0v) is 26.2. The summed E-state index contributed by atoms with van der Waals surface area (Å²) in [6.45, 7) is 8.02. The molecule has 1 heterocycles. The van der Waals surface area contributed by atoms with Crippen LogP contribution in [0.2, 0.25) is 0 Å². The summed E-state index contributed by atoms with van der Waals surface area (Å²) >= 11 is 0. The van der Waals surface area contributed by atoms with Crippen LogP contribution in [0.5, 0.6) is 0 Å². The van der Waals surface area contributed by atoms with E-state index in [1.807, 2.05) is 48.5 Å². The predicted octanol–water partition coefficient (Wildman–Crippen LogP) is 6.22. The average Bonchev–Trinajstić information content (AvgIpc) is 3.03. The van der Waals surface area contributed by atoms with Crippen LogP contribution >= 0.6 is 0 Å². The highest BCUT2D eigenvalue weighted by Gasteiger charge is 2.22. The van der Waals surface area contributed by atoms with Crippen LogP contribution in [0.25, 0.3) is 27.7 Å². The normalized spacial score (nSPS) is 12.7. The van der Waals surface area contributed by atoms with Crippen molar-refractivity contribution < 1.29 is 17.9 Å². The molecule has 0 aliphatic rings. The molecule has 8 nitrogen and oxygen atoms in total. The van der Waals surface area contributed by atoms with E-state index in [-0.39, 0.29) is 21.7 Å². The van der Waals surface area contributed by atoms with Crippen LogP contribution in [0.1, 0.15) is 55.5 Å². The van der Waals surface area contributed by atoms with Crippen LogP contribution in [0.3, 0.4) is 0 Å². The number of rotatable bonds is 8. The van der Waals surface area contributed by atoms with E-state index in [0.29, 0.717) is 28.0 Å². The van der Waals surface area contributed by atoms with Crippen LogP contribution in [0.15, 0.2) is 107 Å². The first-order valence-corrected chi connectivity index (χ1v) is 15.9. The molecule has 1 aromatic heterocycles. The molecule has 1 N–H and O–H groups in total. The number of aromatic nitrogens is 2. The number of esters is 1. The summed E-state index contributed by atoms with van der Waals surface area (Å²) < 4.78 is 32.8. The van der Waals surface area contributed by atoms with Crippen LogP contribution in [-0.4, -0.2) is 36.9 Å². The van der Waals surface area contributed by atoms with Crippen LogP contribution in [0, 0.1) is 0 Å². The van der Waals surface area contributed by atoms with E-state index in [9.17, 15) is 18.0 Å². The van der Waals surface area contributed by atoms with Gasteiger partial charge in [-0.1, -0.05) is 69.3 Å². The van der Waals surface area contributed by atoms with Crippen molar-refractivity contribution in [2.75, 3.05) is 13.0 Å². The second-order valence-electron chi connectivity index (χ2n) is 11.7. The largest absolute Gasteiger partial charge is 0.465 e. The van der Waals surface area contributed by atoms with E-state index in [4.69, 9.17) is 9.72 Å². The van der Waals surface area contributed by atoms with Gasteiger partial charge in [0.15, 0.2) is 9.84 Å². The van der Waals surface area contributed by atoms with Gasteiger partial charge in [-0.3, -0.25) is 14.7 Å². The highest BCUT2D eigenvalue weighted by molar-refractivity contribution is 7.91. The minimum Gasteiger partial charge on any atom is -0.465 e. The molecule has 4 aromatic carbocycles. The molecule has 5 rings (SSSR count). The van der Waals surface area contributed by atoms with Gasteiger partial charge in [0.1, 0.15) is 11.7 Å². The van der Waals surface area contributed by atoms with Crippen LogP contribution in [-0.2, 0) is 20.0 Å². The van der Waals surface area contributed by atoms with E-state index in [0.717, 1.165) is 16.7 Å². The summed E-state index contributed by atoms with van der Waals surface area (Å²) in [4.78, 5) is 30.9. The zero-order valence-electron chi connectivity index (χ0n) is 25.4. The van der Waals surface area contributed by atoms with Crippen LogP contribution in [0.4, 0.5) is 0 Å². The third-order valence-electron chi connectivity index (χ3n) is 7.59. The fourth-order valence-corrected chi connectivity index (χ4v) is 6.19. The summed E-state index contributed by atoms with van der Waals surface area (Å²) in [5.74, 6) is -0.374. The Morgan fingerprint density at radius 2 is 1.59 bits per heavy atom. The number of hydrogen-bond donors (Lipinski definition) is 1. The number of nitrogens with one attached hydrogen (secondary N) is 1. The Morgan fingerprint density at radius 3 is 2.25 bits per heavy atom. The molecule has 0 spiro atoms. The maximum atomic E-state index is 13.8. The number of methoxy groups -OCH3 is 1. The van der Waals surface area contributed by atoms with Crippen molar-refractivity contribution >= 4 is 26.7 Å². The molecule has 44 heavy (non-hydrogen) atoms. The van der Waals surface area contributed by atoms with Gasteiger partial charge in [0, 0.05) is 0 Å². The van der Waals surface area contributed by atoms with Gasteiger partial charge in [-0.25, -0.2) is 18.2 Å². The Morgan fingerprint density at radius 1 is 0.909 bits per heavy atom. The quantitative estimate of drug-likeness (QED) is 0.208. The highest BCUT2D eigenvalue weighted by atomic mass is 32.2. The minimum atomic E-state index is -3.66. The van der Waals surface area contributed by atoms with E-state index in [2.05, 4.69) is 26.1 Å². The smallest absolute Gasteiger partial charge is 0.337 e. The number of carbonyl (C=O) groups excluding carboxylic acids is 1. The molecule has 0 aliphatic heterocycles. The minimum absolute atomic E-state index is 0.0915. The number of hydrogen-bond acceptors (Lipinski definition) is 7. The van der Waals surface area contributed by atoms with Gasteiger partial charge in [-0.05, 0) is 77.6 Å². The molecule has 1 unspecified atom stereocenters. The van der Waals surface area contributed by atoms with Crippen molar-refractivity contribution in [3.05, 3.63) is 124 Å². The molecule has 0 aliphatic carbocycles. The van der Waals surface area contributed by atoms with Crippen molar-refractivity contribution in [1.29, 1.82) is 0 Å². The number of nitrogens with zero attached hydrogens (tertiary/aromatic N) is 2. The number of para-hydroxylation sites is 1. The molecular weight excluding hydrogens is 574 g/mol. The fourth-order valence-electron chi connectivity index (χ4n) is 5.01. The third kappa shape index (κ3) is 6.34. The molecule has 5 aromatic rings. The lowest BCUT2D eigenvalue weighted by Gasteiger charge is -2.21. The summed E-state index contributed by atoms with van der Waals surface area (Å²) in [7, 11) is -2.32. The Hall–Kier alpha value is -4.60. The maximum Gasteiger partial charge on any atom is 0.337 e. The van der Waals surface area contributed by atoms with Crippen molar-refractivity contribution in [2.45, 2.75) is 44.0 Å². The zero-order chi connectivity index (χ0) is 31.6. The van der Waals surface area contributed by atoms with Crippen molar-refractivity contribution in [3.63, 3.8) is 0 Å². The first-order valence-electron chi connectivity index (χ1n) is 14.3. The molecule has 0 radical (unpaired) electrons. The number of ether oxygens (including phenoxy) is 1. The lowest BCUT2D eigenvalue weighted by molar-refractivity contribution is 0.0600. The maximum absolute atomic E-state index is 13.8. The lowest BCUT2D eigenvalue weighted by atomic mass is 9.87. The van der Waals surface area contributed by atoms with Crippen LogP contribution < -0.4 is 10.9 Å². The number of fused-ring (bicyclic) bond motifs is 1. The van der Waals surface area contributed by atoms with Crippen molar-refractivity contribution in [2.24, 2.45) is 0 Å². The van der Waals surface area contributed by atoms with E-state index in [1.54, 1.807) is 55.5 Å². The number of sulfone groups is 1. The third-order valence-corrected chi connectivity index (χ3v) is 9.13. The molecule has 0 amide bonds. The van der Waals surface area contributed by atoms with Gasteiger partial charge in [0.2, 0.25) is 0 Å². The molecule has 0 saturated heterocycles. The molecule has 226 valence electrons. The van der Waals surface area contributed by atoms with Gasteiger partial charge in [0.05, 0.1) is 40.2 Å². The van der Waals surface area contributed by atoms with E-state index in [1.165, 1.54) is 11.7 Å². The number of carbonyl (C=O) groups is 1. The van der Waals surface area contributed by atoms with Gasteiger partial charge in [-0.2, -0.15) is 0 Å². The Bertz CT molecular complexity index is 1990. The Labute approximate surface area is 257 Å². The van der Waals surface area contributed by atoms with E-state index < -0.39 is 21.8 Å². The topological polar surface area (TPSA) is 107 Å². The van der Waals surface area contributed by atoms with Gasteiger partial charge in [-0.15, -0.1) is 0 Å². The monoisotopic (exact) mass is 609 g/mol. The molecular formula is C35H35N3O5S. The summed E-state index contributed by atoms with van der Waals surface area (Å²) in [5, 5.41) is 3.54. The Kier molecular flexibility index (Phi) is 8.54. The molecule has 0 saturated carbocycles. The molecule has 1 atom stereocenters. The molecule has 0 fully saturated rings. The van der Waals surface area contributed by atoms with Gasteiger partial charge in [0.25, 0.3) is 5.56 Å². The summed E-state index contributed by atoms with van der Waals surface area (Å²) in [6, 6.07) is 27.9. The van der Waals surface area contributed by atoms with Crippen molar-refractivity contribution in [1.82, 2.24) is 14.9 Å². The Balaban J connectivity index is 1.48. The SMILES string of the molecule is COC(=O)c1cccc(-c2ccc(-n3c(C(C)NCS(=O)(=O)c4ccc(C(C)(C)C)cc4)nc4ccccc4c3=O)cc2)c1. The van der Waals surface area contributed by atoms with Gasteiger partial charge < -0.3 is 4.74 Å². The average molecular weight is 610 g/mol. The summed E-state index contributed by atoms with van der Waals surface area (Å²) in [5.41, 5.74) is 3.89. The standard InChI is InChI=1S/C35H35N3O5S/c1-23(36-22-44(41,42)29-19-15-27(16-20-29)35(2,3)4)32-37-31-12-7-6-11-30(31)33(39)38(32)28-17-13-24(14-18-28)25-9-8-10-26(21-25)34(40)43-5/h6-21,23,36H,22H2,1-5H3. The lowest BCUT2D eigenvalue weighted by Crippen LogP contribution is -2.32. The first kappa shape index (κ1) is 30.8. The van der Waals surface area contributed by atoms with E-state index >= 15 is 0 Å². The fraction of sp³-hybridized carbons (Fsp3) is 0.229. The highest BCUT2D eigenvalue weighted by Crippen LogP contribution is 2.26. The predicted molar refractivity (Wildman–Crippen MR) is 173 cm³/mol. The van der Waals surface area contributed by atoms with Gasteiger partial charge >= 0.3 is 5.97 Å². The second-order valence-corrected chi connectivity index (χ2v) is 13.7. The second kappa shape index (κ2) is 12.2. The molecule has 0 bridgehead atoms. The summed E-state index contributed by atoms with van der Waals surface area (Å²) in [6.07, 6.45) is 0. The number of benzene rings is 4.